The summed E-state index contributed by atoms with van der Waals surface area (Å²) >= 11 is 0. The number of pyridine rings is 1. The SMILES string of the molecule is Cc1cccc(N(Cc2ccc(-c3nnc(C(F)F)o3)cn2)S(=O)(=O)N2CCN(C3COC3)[C@@H](C)C2)c1. The van der Waals surface area contributed by atoms with Crippen molar-refractivity contribution in [1.29, 1.82) is 0 Å². The molecule has 2 aliphatic heterocycles. The number of ether oxygens (including phenoxy) is 1. The molecule has 13 heteroatoms. The molecule has 0 N–H and O–H groups in total. The van der Waals surface area contributed by atoms with Crippen LogP contribution in [0.4, 0.5) is 14.5 Å². The molecule has 0 aliphatic carbocycles. The van der Waals surface area contributed by atoms with Gasteiger partial charge in [-0.2, -0.15) is 21.5 Å². The first-order chi connectivity index (χ1) is 17.7. The fourth-order valence-corrected chi connectivity index (χ4v) is 6.24. The maximum absolute atomic E-state index is 13.9. The largest absolute Gasteiger partial charge is 0.415 e. The third-order valence-corrected chi connectivity index (χ3v) is 8.51. The lowest BCUT2D eigenvalue weighted by molar-refractivity contribution is -0.0873. The van der Waals surface area contributed by atoms with Crippen molar-refractivity contribution < 1.29 is 26.4 Å². The first-order valence-corrected chi connectivity index (χ1v) is 13.4. The van der Waals surface area contributed by atoms with Crippen molar-refractivity contribution in [1.82, 2.24) is 24.4 Å². The van der Waals surface area contributed by atoms with Gasteiger partial charge < -0.3 is 9.15 Å². The minimum absolute atomic E-state index is 0.0107. The number of aromatic nitrogens is 3. The summed E-state index contributed by atoms with van der Waals surface area (Å²) in [4.78, 5) is 6.67. The second-order valence-corrected chi connectivity index (χ2v) is 11.1. The second-order valence-electron chi connectivity index (χ2n) is 9.27. The van der Waals surface area contributed by atoms with Gasteiger partial charge in [-0.15, -0.1) is 10.2 Å². The summed E-state index contributed by atoms with van der Waals surface area (Å²) in [5.74, 6) is -0.851. The van der Waals surface area contributed by atoms with Crippen LogP contribution >= 0.6 is 0 Å². The van der Waals surface area contributed by atoms with Gasteiger partial charge in [-0.25, -0.2) is 0 Å². The fourth-order valence-electron chi connectivity index (χ4n) is 4.56. The van der Waals surface area contributed by atoms with Gasteiger partial charge in [0.2, 0.25) is 5.89 Å². The number of anilines is 1. The molecule has 1 aromatic carbocycles. The number of hydrogen-bond donors (Lipinski definition) is 0. The normalized spacial score (nSPS) is 19.8. The summed E-state index contributed by atoms with van der Waals surface area (Å²) in [5.41, 5.74) is 2.29. The highest BCUT2D eigenvalue weighted by molar-refractivity contribution is 7.90. The molecule has 2 fully saturated rings. The molecule has 0 bridgehead atoms. The van der Waals surface area contributed by atoms with Gasteiger partial charge in [0.15, 0.2) is 0 Å². The number of rotatable bonds is 8. The van der Waals surface area contributed by atoms with Crippen LogP contribution in [0, 0.1) is 6.92 Å². The van der Waals surface area contributed by atoms with E-state index in [1.807, 2.05) is 32.0 Å². The van der Waals surface area contributed by atoms with Crippen molar-refractivity contribution in [3.63, 3.8) is 0 Å². The first-order valence-electron chi connectivity index (χ1n) is 12.0. The molecular formula is C24H28F2N6O4S. The van der Waals surface area contributed by atoms with Gasteiger partial charge >= 0.3 is 16.6 Å². The Labute approximate surface area is 214 Å². The summed E-state index contributed by atoms with van der Waals surface area (Å²) in [6, 6.07) is 10.9. The predicted octanol–water partition coefficient (Wildman–Crippen LogP) is 3.03. The van der Waals surface area contributed by atoms with E-state index in [2.05, 4.69) is 20.1 Å². The van der Waals surface area contributed by atoms with E-state index in [-0.39, 0.29) is 18.5 Å². The van der Waals surface area contributed by atoms with Gasteiger partial charge in [-0.3, -0.25) is 14.2 Å². The molecule has 10 nitrogen and oxygen atoms in total. The molecular weight excluding hydrogens is 506 g/mol. The Morgan fingerprint density at radius 3 is 2.57 bits per heavy atom. The zero-order valence-corrected chi connectivity index (χ0v) is 21.3. The van der Waals surface area contributed by atoms with E-state index in [1.165, 1.54) is 14.8 Å². The van der Waals surface area contributed by atoms with Gasteiger partial charge in [0, 0.05) is 31.9 Å². The number of nitrogens with zero attached hydrogens (tertiary/aromatic N) is 6. The highest BCUT2D eigenvalue weighted by atomic mass is 32.2. The molecule has 0 saturated carbocycles. The Hall–Kier alpha value is -3.00. The van der Waals surface area contributed by atoms with Gasteiger partial charge in [0.25, 0.3) is 5.89 Å². The second kappa shape index (κ2) is 10.4. The summed E-state index contributed by atoms with van der Waals surface area (Å²) in [6.07, 6.45) is -1.46. The van der Waals surface area contributed by atoms with Crippen molar-refractivity contribution in [2.45, 2.75) is 38.9 Å². The minimum atomic E-state index is -3.89. The summed E-state index contributed by atoms with van der Waals surface area (Å²) in [6.45, 7) is 6.67. The molecule has 198 valence electrons. The molecule has 3 aromatic rings. The van der Waals surface area contributed by atoms with Crippen LogP contribution < -0.4 is 4.31 Å². The maximum atomic E-state index is 13.9. The molecule has 0 amide bonds. The smallest absolute Gasteiger partial charge is 0.314 e. The van der Waals surface area contributed by atoms with Crippen LogP contribution in [0.1, 0.15) is 30.5 Å². The highest BCUT2D eigenvalue weighted by Crippen LogP contribution is 2.28. The van der Waals surface area contributed by atoms with Crippen LogP contribution in [0.25, 0.3) is 11.5 Å². The van der Waals surface area contributed by atoms with Crippen LogP contribution in [0.5, 0.6) is 0 Å². The molecule has 2 saturated heterocycles. The molecule has 0 spiro atoms. The zero-order chi connectivity index (χ0) is 26.2. The van der Waals surface area contributed by atoms with Gasteiger partial charge in [0.1, 0.15) is 0 Å². The monoisotopic (exact) mass is 534 g/mol. The standard InChI is InChI=1S/C24H28F2N6O4S/c1-16-4-3-5-20(10-16)32(37(33,34)30-8-9-31(17(2)12-30)21-14-35-15-21)13-19-7-6-18(11-27-19)23-28-29-24(36-23)22(25)26/h3-7,10-11,17,21-22H,8-9,12-15H2,1-2H3/t17-/m0/s1. The van der Waals surface area contributed by atoms with Gasteiger partial charge in [-0.05, 0) is 43.7 Å². The van der Waals surface area contributed by atoms with E-state index in [0.29, 0.717) is 55.8 Å². The van der Waals surface area contributed by atoms with Crippen molar-refractivity contribution in [3.05, 3.63) is 59.7 Å². The lowest BCUT2D eigenvalue weighted by Gasteiger charge is -2.46. The summed E-state index contributed by atoms with van der Waals surface area (Å²) in [7, 11) is -3.89. The van der Waals surface area contributed by atoms with E-state index >= 15 is 0 Å². The third kappa shape index (κ3) is 5.35. The third-order valence-electron chi connectivity index (χ3n) is 6.63. The van der Waals surface area contributed by atoms with Crippen molar-refractivity contribution in [3.8, 4) is 11.5 Å². The van der Waals surface area contributed by atoms with E-state index < -0.39 is 22.5 Å². The Balaban J connectivity index is 1.39. The number of piperazine rings is 1. The van der Waals surface area contributed by atoms with E-state index in [1.54, 1.807) is 18.2 Å². The lowest BCUT2D eigenvalue weighted by atomic mass is 10.1. The highest BCUT2D eigenvalue weighted by Gasteiger charge is 2.39. The zero-order valence-electron chi connectivity index (χ0n) is 20.5. The molecule has 2 aromatic heterocycles. The lowest BCUT2D eigenvalue weighted by Crippen LogP contribution is -2.62. The number of benzene rings is 1. The molecule has 5 rings (SSSR count). The molecule has 4 heterocycles. The van der Waals surface area contributed by atoms with Crippen LogP contribution in [0.15, 0.2) is 47.0 Å². The summed E-state index contributed by atoms with van der Waals surface area (Å²) < 4.78 is 66.6. The Bertz CT molecular complexity index is 1330. The van der Waals surface area contributed by atoms with Gasteiger partial charge in [-0.1, -0.05) is 12.1 Å². The topological polar surface area (TPSA) is 105 Å². The van der Waals surface area contributed by atoms with Crippen molar-refractivity contribution in [2.75, 3.05) is 37.2 Å². The number of alkyl halides is 2. The molecule has 37 heavy (non-hydrogen) atoms. The predicted molar refractivity (Wildman–Crippen MR) is 131 cm³/mol. The average molecular weight is 535 g/mol. The number of hydrogen-bond acceptors (Lipinski definition) is 8. The quantitative estimate of drug-likeness (QED) is 0.434. The molecule has 0 unspecified atom stereocenters. The van der Waals surface area contributed by atoms with Crippen LogP contribution in [0.2, 0.25) is 0 Å². The Morgan fingerprint density at radius 1 is 1.16 bits per heavy atom. The van der Waals surface area contributed by atoms with Crippen LogP contribution in [-0.2, 0) is 21.5 Å². The number of aryl methyl sites for hydroxylation is 1. The van der Waals surface area contributed by atoms with E-state index in [0.717, 1.165) is 5.56 Å². The maximum Gasteiger partial charge on any atom is 0.314 e. The Kier molecular flexibility index (Phi) is 7.21. The first kappa shape index (κ1) is 25.6. The Morgan fingerprint density at radius 2 is 1.97 bits per heavy atom. The fraction of sp³-hybridized carbons (Fsp3) is 0.458. The van der Waals surface area contributed by atoms with Crippen LogP contribution in [-0.4, -0.2) is 77.7 Å². The van der Waals surface area contributed by atoms with E-state index in [9.17, 15) is 17.2 Å². The molecule has 0 radical (unpaired) electrons. The van der Waals surface area contributed by atoms with Crippen molar-refractivity contribution >= 4 is 15.9 Å². The molecule has 1 atom stereocenters. The minimum Gasteiger partial charge on any atom is -0.415 e. The van der Waals surface area contributed by atoms with E-state index in [4.69, 9.17) is 9.15 Å². The van der Waals surface area contributed by atoms with Crippen LogP contribution in [0.3, 0.4) is 0 Å². The average Bonchev–Trinajstić information content (AvgIpc) is 3.34. The summed E-state index contributed by atoms with van der Waals surface area (Å²) in [5, 5.41) is 6.96. The molecule has 2 aliphatic rings. The number of halogens is 2. The van der Waals surface area contributed by atoms with Gasteiger partial charge in [0.05, 0.1) is 42.7 Å². The van der Waals surface area contributed by atoms with Crippen molar-refractivity contribution in [2.24, 2.45) is 0 Å².